The van der Waals surface area contributed by atoms with Crippen molar-refractivity contribution in [3.63, 3.8) is 0 Å². The maximum Gasteiger partial charge on any atom is 0.414 e. The van der Waals surface area contributed by atoms with Crippen molar-refractivity contribution in [2.75, 3.05) is 39.3 Å². The van der Waals surface area contributed by atoms with E-state index >= 15 is 0 Å². The van der Waals surface area contributed by atoms with Gasteiger partial charge in [0.25, 0.3) is 0 Å². The molecule has 2 aromatic carbocycles. The Morgan fingerprint density at radius 3 is 2.67 bits per heavy atom. The standard InChI is InChI=1S/C28H36N4O4/c1-20-5-2-7-23(17-20)35-26-9-3-8-25-24(26)18-27(30-25)36-28(34)29-21-10-13-31(14-11-21)15-16-32-12-4-6-22(33)19-32/h2-3,5,7-9,17-18,21-22,30,33H,4,6,10-16,19H2,1H3,(H,29,34). The summed E-state index contributed by atoms with van der Waals surface area (Å²) in [7, 11) is 0. The third-order valence-corrected chi connectivity index (χ3v) is 7.14. The van der Waals surface area contributed by atoms with Crippen molar-refractivity contribution >= 4 is 17.0 Å². The van der Waals surface area contributed by atoms with Crippen LogP contribution in [0.2, 0.25) is 0 Å². The lowest BCUT2D eigenvalue weighted by Crippen LogP contribution is -2.48. The Hall–Kier alpha value is -3.07. The van der Waals surface area contributed by atoms with Crippen LogP contribution in [0.4, 0.5) is 4.79 Å². The lowest BCUT2D eigenvalue weighted by Gasteiger charge is -2.35. The fourth-order valence-corrected chi connectivity index (χ4v) is 5.17. The van der Waals surface area contributed by atoms with Gasteiger partial charge in [0.15, 0.2) is 0 Å². The lowest BCUT2D eigenvalue weighted by atomic mass is 10.1. The molecule has 2 saturated heterocycles. The van der Waals surface area contributed by atoms with Gasteiger partial charge >= 0.3 is 6.09 Å². The van der Waals surface area contributed by atoms with E-state index in [1.165, 1.54) is 0 Å². The summed E-state index contributed by atoms with van der Waals surface area (Å²) in [6.07, 6.45) is 3.18. The van der Waals surface area contributed by atoms with E-state index < -0.39 is 6.09 Å². The van der Waals surface area contributed by atoms with Crippen molar-refractivity contribution in [2.24, 2.45) is 0 Å². The molecular weight excluding hydrogens is 456 g/mol. The summed E-state index contributed by atoms with van der Waals surface area (Å²) in [6.45, 7) is 7.80. The van der Waals surface area contributed by atoms with Crippen LogP contribution in [-0.2, 0) is 0 Å². The normalized spacial score (nSPS) is 19.9. The molecule has 1 aromatic heterocycles. The number of β-amino-alcohol motifs (C(OH)–C–C–N with tert-alkyl or cyclic N) is 1. The number of fused-ring (bicyclic) bond motifs is 1. The maximum absolute atomic E-state index is 12.6. The average molecular weight is 493 g/mol. The Bertz CT molecular complexity index is 1170. The number of nitrogens with zero attached hydrogens (tertiary/aromatic N) is 2. The first kappa shape index (κ1) is 24.6. The summed E-state index contributed by atoms with van der Waals surface area (Å²) in [5, 5.41) is 13.7. The number of aliphatic hydroxyl groups excluding tert-OH is 1. The molecule has 2 aliphatic rings. The van der Waals surface area contributed by atoms with Gasteiger partial charge in [0.2, 0.25) is 5.88 Å². The lowest BCUT2D eigenvalue weighted by molar-refractivity contribution is 0.0620. The van der Waals surface area contributed by atoms with Crippen molar-refractivity contribution in [1.82, 2.24) is 20.1 Å². The minimum absolute atomic E-state index is 0.107. The largest absolute Gasteiger partial charge is 0.457 e. The third-order valence-electron chi connectivity index (χ3n) is 7.14. The van der Waals surface area contributed by atoms with Gasteiger partial charge in [-0.2, -0.15) is 0 Å². The molecule has 192 valence electrons. The Balaban J connectivity index is 1.10. The highest BCUT2D eigenvalue weighted by molar-refractivity contribution is 5.88. The van der Waals surface area contributed by atoms with Crippen LogP contribution in [0.15, 0.2) is 48.5 Å². The van der Waals surface area contributed by atoms with E-state index in [4.69, 9.17) is 9.47 Å². The first-order valence-corrected chi connectivity index (χ1v) is 13.0. The Morgan fingerprint density at radius 2 is 1.86 bits per heavy atom. The van der Waals surface area contributed by atoms with E-state index in [0.717, 1.165) is 87.2 Å². The van der Waals surface area contributed by atoms with E-state index in [9.17, 15) is 9.90 Å². The third kappa shape index (κ3) is 6.37. The van der Waals surface area contributed by atoms with Gasteiger partial charge in [-0.1, -0.05) is 18.2 Å². The molecular formula is C28H36N4O4. The number of aryl methyl sites for hydroxylation is 1. The fraction of sp³-hybridized carbons (Fsp3) is 0.464. The minimum atomic E-state index is -0.441. The van der Waals surface area contributed by atoms with Gasteiger partial charge in [0.05, 0.1) is 11.6 Å². The number of hydrogen-bond acceptors (Lipinski definition) is 6. The molecule has 3 N–H and O–H groups in total. The molecule has 8 heteroatoms. The predicted octanol–water partition coefficient (Wildman–Crippen LogP) is 4.28. The summed E-state index contributed by atoms with van der Waals surface area (Å²) in [5.41, 5.74) is 1.97. The molecule has 0 spiro atoms. The monoisotopic (exact) mass is 492 g/mol. The van der Waals surface area contributed by atoms with E-state index in [1.807, 2.05) is 49.4 Å². The van der Waals surface area contributed by atoms with Crippen LogP contribution in [0.1, 0.15) is 31.2 Å². The van der Waals surface area contributed by atoms with Crippen LogP contribution >= 0.6 is 0 Å². The zero-order chi connectivity index (χ0) is 24.9. The quantitative estimate of drug-likeness (QED) is 0.456. The number of benzene rings is 2. The molecule has 36 heavy (non-hydrogen) atoms. The number of aliphatic hydroxyl groups is 1. The number of nitrogens with one attached hydrogen (secondary N) is 2. The number of amides is 1. The molecule has 2 fully saturated rings. The number of ether oxygens (including phenoxy) is 2. The highest BCUT2D eigenvalue weighted by atomic mass is 16.6. The number of aromatic nitrogens is 1. The number of hydrogen-bond donors (Lipinski definition) is 3. The molecule has 0 saturated carbocycles. The average Bonchev–Trinajstić information content (AvgIpc) is 3.27. The van der Waals surface area contributed by atoms with Crippen molar-refractivity contribution in [3.8, 4) is 17.4 Å². The van der Waals surface area contributed by atoms with Crippen LogP contribution in [0.5, 0.6) is 17.4 Å². The van der Waals surface area contributed by atoms with E-state index in [-0.39, 0.29) is 12.1 Å². The topological polar surface area (TPSA) is 90.1 Å². The molecule has 2 aliphatic heterocycles. The number of carbonyl (C=O) groups excluding carboxylic acids is 1. The second kappa shape index (κ2) is 11.3. The van der Waals surface area contributed by atoms with Crippen LogP contribution in [-0.4, -0.2) is 77.4 Å². The molecule has 3 heterocycles. The molecule has 0 aliphatic carbocycles. The molecule has 3 aromatic rings. The van der Waals surface area contributed by atoms with E-state index in [2.05, 4.69) is 20.1 Å². The molecule has 0 radical (unpaired) electrons. The SMILES string of the molecule is Cc1cccc(Oc2cccc3[nH]c(OC(=O)NC4CCN(CCN5CCCC(O)C5)CC4)cc23)c1. The highest BCUT2D eigenvalue weighted by Crippen LogP contribution is 2.32. The number of rotatable bonds is 7. The number of likely N-dealkylation sites (tertiary alicyclic amines) is 2. The maximum atomic E-state index is 12.6. The van der Waals surface area contributed by atoms with Gasteiger partial charge in [0.1, 0.15) is 11.5 Å². The predicted molar refractivity (Wildman–Crippen MR) is 140 cm³/mol. The summed E-state index contributed by atoms with van der Waals surface area (Å²) < 4.78 is 11.7. The first-order chi connectivity index (χ1) is 17.5. The van der Waals surface area contributed by atoms with Crippen LogP contribution in [0.25, 0.3) is 10.9 Å². The Labute approximate surface area is 212 Å². The summed E-state index contributed by atoms with van der Waals surface area (Å²) in [5.74, 6) is 1.86. The number of aromatic amines is 1. The summed E-state index contributed by atoms with van der Waals surface area (Å²) in [4.78, 5) is 20.5. The Kier molecular flexibility index (Phi) is 7.75. The van der Waals surface area contributed by atoms with E-state index in [0.29, 0.717) is 11.6 Å². The smallest absolute Gasteiger partial charge is 0.414 e. The van der Waals surface area contributed by atoms with Gasteiger partial charge in [-0.3, -0.25) is 4.90 Å². The van der Waals surface area contributed by atoms with Gasteiger partial charge in [-0.05, 0) is 69.0 Å². The first-order valence-electron chi connectivity index (χ1n) is 13.0. The molecule has 1 unspecified atom stereocenters. The zero-order valence-corrected chi connectivity index (χ0v) is 20.9. The fourth-order valence-electron chi connectivity index (χ4n) is 5.17. The summed E-state index contributed by atoms with van der Waals surface area (Å²) in [6, 6.07) is 15.6. The Morgan fingerprint density at radius 1 is 1.06 bits per heavy atom. The van der Waals surface area contributed by atoms with Gasteiger partial charge in [-0.15, -0.1) is 0 Å². The second-order valence-corrected chi connectivity index (χ2v) is 10.0. The van der Waals surface area contributed by atoms with Gasteiger partial charge in [0, 0.05) is 50.2 Å². The van der Waals surface area contributed by atoms with Crippen LogP contribution in [0, 0.1) is 6.92 Å². The van der Waals surface area contributed by atoms with Gasteiger partial charge < -0.3 is 29.8 Å². The zero-order valence-electron chi connectivity index (χ0n) is 20.9. The van der Waals surface area contributed by atoms with Crippen LogP contribution < -0.4 is 14.8 Å². The molecule has 1 atom stereocenters. The summed E-state index contributed by atoms with van der Waals surface area (Å²) >= 11 is 0. The minimum Gasteiger partial charge on any atom is -0.457 e. The molecule has 0 bridgehead atoms. The second-order valence-electron chi connectivity index (χ2n) is 10.0. The molecule has 8 nitrogen and oxygen atoms in total. The van der Waals surface area contributed by atoms with Gasteiger partial charge in [-0.25, -0.2) is 4.79 Å². The van der Waals surface area contributed by atoms with Crippen molar-refractivity contribution in [2.45, 2.75) is 44.8 Å². The van der Waals surface area contributed by atoms with Crippen molar-refractivity contribution in [1.29, 1.82) is 0 Å². The van der Waals surface area contributed by atoms with Crippen molar-refractivity contribution in [3.05, 3.63) is 54.1 Å². The number of carbonyl (C=O) groups is 1. The number of piperidine rings is 2. The highest BCUT2D eigenvalue weighted by Gasteiger charge is 2.23. The van der Waals surface area contributed by atoms with Crippen LogP contribution in [0.3, 0.4) is 0 Å². The van der Waals surface area contributed by atoms with Crippen molar-refractivity contribution < 1.29 is 19.4 Å². The molecule has 5 rings (SSSR count). The van der Waals surface area contributed by atoms with E-state index in [1.54, 1.807) is 6.07 Å². The molecule has 1 amide bonds. The number of H-pyrrole nitrogens is 1.